The van der Waals surface area contributed by atoms with Gasteiger partial charge >= 0.3 is 0 Å². The van der Waals surface area contributed by atoms with Gasteiger partial charge in [0.05, 0.1) is 25.6 Å². The highest BCUT2D eigenvalue weighted by Crippen LogP contribution is 2.50. The number of ether oxygens (including phenoxy) is 2. The lowest BCUT2D eigenvalue weighted by Gasteiger charge is -2.33. The summed E-state index contributed by atoms with van der Waals surface area (Å²) >= 11 is 1.75. The molecule has 0 aliphatic carbocycles. The molecule has 1 heterocycles. The Morgan fingerprint density at radius 2 is 1.32 bits per heavy atom. The molecule has 3 aromatic carbocycles. The average Bonchev–Trinajstić information content (AvgIpc) is 2.67. The van der Waals surface area contributed by atoms with Crippen LogP contribution in [0.4, 0.5) is 11.4 Å². The molecular formula is C21H19NO2S. The van der Waals surface area contributed by atoms with Crippen molar-refractivity contribution in [2.75, 3.05) is 19.1 Å². The molecule has 0 saturated heterocycles. The van der Waals surface area contributed by atoms with Crippen LogP contribution in [0.2, 0.25) is 0 Å². The van der Waals surface area contributed by atoms with E-state index in [1.165, 1.54) is 26.7 Å². The number of rotatable bonds is 4. The van der Waals surface area contributed by atoms with Gasteiger partial charge in [-0.2, -0.15) is 0 Å². The lowest BCUT2D eigenvalue weighted by molar-refractivity contribution is 0.413. The first-order valence-corrected chi connectivity index (χ1v) is 8.95. The Bertz CT molecular complexity index is 842. The van der Waals surface area contributed by atoms with Crippen LogP contribution in [-0.2, 0) is 6.54 Å². The second-order valence-electron chi connectivity index (χ2n) is 5.84. The van der Waals surface area contributed by atoms with Gasteiger partial charge in [0.1, 0.15) is 11.5 Å². The fourth-order valence-electron chi connectivity index (χ4n) is 3.04. The molecule has 3 nitrogen and oxygen atoms in total. The molecule has 0 saturated carbocycles. The van der Waals surface area contributed by atoms with Crippen molar-refractivity contribution in [3.63, 3.8) is 0 Å². The third-order valence-electron chi connectivity index (χ3n) is 4.32. The standard InChI is InChI=1S/C21H19NO2S/c1-23-16-8-10-18-20(12-16)25-21-13-17(24-2)9-11-19(21)22(18)14-15-6-4-3-5-7-15/h3-13H,14H2,1-2H3. The predicted molar refractivity (Wildman–Crippen MR) is 102 cm³/mol. The van der Waals surface area contributed by atoms with Crippen LogP contribution in [0, 0.1) is 0 Å². The van der Waals surface area contributed by atoms with Gasteiger partial charge in [0.25, 0.3) is 0 Å². The molecule has 0 unspecified atom stereocenters. The smallest absolute Gasteiger partial charge is 0.120 e. The number of hydrogen-bond donors (Lipinski definition) is 0. The maximum absolute atomic E-state index is 5.41. The Morgan fingerprint density at radius 3 is 1.84 bits per heavy atom. The van der Waals surface area contributed by atoms with Crippen molar-refractivity contribution in [3.8, 4) is 11.5 Å². The van der Waals surface area contributed by atoms with E-state index in [0.29, 0.717) is 0 Å². The monoisotopic (exact) mass is 349 g/mol. The van der Waals surface area contributed by atoms with Crippen LogP contribution in [0.25, 0.3) is 0 Å². The molecule has 3 aromatic rings. The Labute approximate surface area is 152 Å². The first-order chi connectivity index (χ1) is 12.3. The van der Waals surface area contributed by atoms with Gasteiger partial charge in [0.2, 0.25) is 0 Å². The molecule has 1 aliphatic rings. The van der Waals surface area contributed by atoms with E-state index in [4.69, 9.17) is 9.47 Å². The van der Waals surface area contributed by atoms with Gasteiger partial charge in [-0.05, 0) is 42.0 Å². The molecule has 1 aliphatic heterocycles. The van der Waals surface area contributed by atoms with Gasteiger partial charge in [0.15, 0.2) is 0 Å². The molecule has 25 heavy (non-hydrogen) atoms. The normalized spacial score (nSPS) is 12.3. The van der Waals surface area contributed by atoms with Gasteiger partial charge in [-0.3, -0.25) is 0 Å². The van der Waals surface area contributed by atoms with E-state index in [-0.39, 0.29) is 0 Å². The summed E-state index contributed by atoms with van der Waals surface area (Å²) in [5, 5.41) is 0. The summed E-state index contributed by atoms with van der Waals surface area (Å²) in [6.07, 6.45) is 0. The van der Waals surface area contributed by atoms with Gasteiger partial charge in [0, 0.05) is 16.3 Å². The topological polar surface area (TPSA) is 21.7 Å². The molecule has 0 bridgehead atoms. The third-order valence-corrected chi connectivity index (χ3v) is 5.41. The molecule has 0 aromatic heterocycles. The Morgan fingerprint density at radius 1 is 0.760 bits per heavy atom. The fourth-order valence-corrected chi connectivity index (χ4v) is 4.19. The van der Waals surface area contributed by atoms with E-state index in [1.54, 1.807) is 26.0 Å². The van der Waals surface area contributed by atoms with Crippen molar-refractivity contribution in [3.05, 3.63) is 72.3 Å². The molecule has 4 rings (SSSR count). The zero-order valence-electron chi connectivity index (χ0n) is 14.2. The Balaban J connectivity index is 1.81. The number of hydrogen-bond acceptors (Lipinski definition) is 4. The van der Waals surface area contributed by atoms with Crippen molar-refractivity contribution < 1.29 is 9.47 Å². The molecular weight excluding hydrogens is 330 g/mol. The summed E-state index contributed by atoms with van der Waals surface area (Å²) < 4.78 is 10.8. The predicted octanol–water partition coefficient (Wildman–Crippen LogP) is 5.51. The number of anilines is 2. The Kier molecular flexibility index (Phi) is 4.28. The van der Waals surface area contributed by atoms with Crippen LogP contribution in [0.1, 0.15) is 5.56 Å². The molecule has 0 N–H and O–H groups in total. The lowest BCUT2D eigenvalue weighted by Crippen LogP contribution is -2.20. The molecule has 0 fully saturated rings. The van der Waals surface area contributed by atoms with Crippen molar-refractivity contribution in [2.24, 2.45) is 0 Å². The van der Waals surface area contributed by atoms with Crippen LogP contribution in [-0.4, -0.2) is 14.2 Å². The maximum atomic E-state index is 5.41. The first kappa shape index (κ1) is 15.9. The van der Waals surface area contributed by atoms with E-state index in [9.17, 15) is 0 Å². The van der Waals surface area contributed by atoms with Gasteiger partial charge in [-0.25, -0.2) is 0 Å². The van der Waals surface area contributed by atoms with E-state index in [0.717, 1.165) is 18.0 Å². The third kappa shape index (κ3) is 3.05. The highest BCUT2D eigenvalue weighted by molar-refractivity contribution is 7.99. The van der Waals surface area contributed by atoms with Gasteiger partial charge in [-0.1, -0.05) is 42.1 Å². The summed E-state index contributed by atoms with van der Waals surface area (Å²) in [6, 6.07) is 23.0. The summed E-state index contributed by atoms with van der Waals surface area (Å²) in [4.78, 5) is 4.74. The molecule has 4 heteroatoms. The average molecular weight is 349 g/mol. The first-order valence-electron chi connectivity index (χ1n) is 8.14. The fraction of sp³-hybridized carbons (Fsp3) is 0.143. The summed E-state index contributed by atoms with van der Waals surface area (Å²) in [7, 11) is 3.40. The van der Waals surface area contributed by atoms with Crippen molar-refractivity contribution in [1.29, 1.82) is 0 Å². The lowest BCUT2D eigenvalue weighted by atomic mass is 10.1. The number of methoxy groups -OCH3 is 2. The number of benzene rings is 3. The van der Waals surface area contributed by atoms with Crippen molar-refractivity contribution in [1.82, 2.24) is 0 Å². The maximum Gasteiger partial charge on any atom is 0.120 e. The second kappa shape index (κ2) is 6.73. The minimum atomic E-state index is 0.820. The van der Waals surface area contributed by atoms with E-state index >= 15 is 0 Å². The molecule has 0 radical (unpaired) electrons. The highest BCUT2D eigenvalue weighted by atomic mass is 32.2. The summed E-state index contributed by atoms with van der Waals surface area (Å²) in [6.45, 7) is 0.820. The van der Waals surface area contributed by atoms with Crippen LogP contribution in [0.5, 0.6) is 11.5 Å². The van der Waals surface area contributed by atoms with Crippen LogP contribution in [0.3, 0.4) is 0 Å². The van der Waals surface area contributed by atoms with Crippen molar-refractivity contribution in [2.45, 2.75) is 16.3 Å². The Hall–Kier alpha value is -2.59. The summed E-state index contributed by atoms with van der Waals surface area (Å²) in [5.74, 6) is 1.74. The van der Waals surface area contributed by atoms with Crippen LogP contribution in [0.15, 0.2) is 76.5 Å². The van der Waals surface area contributed by atoms with Gasteiger partial charge < -0.3 is 14.4 Å². The quantitative estimate of drug-likeness (QED) is 0.619. The molecule has 126 valence electrons. The van der Waals surface area contributed by atoms with E-state index < -0.39 is 0 Å². The summed E-state index contributed by atoms with van der Waals surface area (Å²) in [5.41, 5.74) is 3.68. The minimum Gasteiger partial charge on any atom is -0.497 e. The molecule has 0 spiro atoms. The minimum absolute atomic E-state index is 0.820. The van der Waals surface area contributed by atoms with E-state index in [1.807, 2.05) is 18.2 Å². The zero-order valence-corrected chi connectivity index (χ0v) is 15.0. The second-order valence-corrected chi connectivity index (χ2v) is 6.92. The highest BCUT2D eigenvalue weighted by Gasteiger charge is 2.24. The zero-order chi connectivity index (χ0) is 17.2. The van der Waals surface area contributed by atoms with Crippen LogP contribution >= 0.6 is 11.8 Å². The van der Waals surface area contributed by atoms with Crippen LogP contribution < -0.4 is 14.4 Å². The van der Waals surface area contributed by atoms with Gasteiger partial charge in [-0.15, -0.1) is 0 Å². The molecule has 0 atom stereocenters. The van der Waals surface area contributed by atoms with E-state index in [2.05, 4.69) is 53.4 Å². The van der Waals surface area contributed by atoms with Crippen molar-refractivity contribution >= 4 is 23.1 Å². The number of nitrogens with zero attached hydrogens (tertiary/aromatic N) is 1. The number of fused-ring (bicyclic) bond motifs is 2. The SMILES string of the molecule is COc1ccc2c(c1)Sc1cc(OC)ccc1N2Cc1ccccc1. The molecule has 0 amide bonds. The largest absolute Gasteiger partial charge is 0.497 e.